The third kappa shape index (κ3) is 4.57. The topological polar surface area (TPSA) is 55.4 Å². The van der Waals surface area contributed by atoms with E-state index in [0.717, 1.165) is 31.2 Å². The van der Waals surface area contributed by atoms with Gasteiger partial charge in [-0.1, -0.05) is 80.4 Å². The summed E-state index contributed by atoms with van der Waals surface area (Å²) >= 11 is 0. The second kappa shape index (κ2) is 8.85. The van der Waals surface area contributed by atoms with Gasteiger partial charge in [-0.25, -0.2) is 0 Å². The lowest BCUT2D eigenvalue weighted by Gasteiger charge is -2.27. The van der Waals surface area contributed by atoms with Gasteiger partial charge in [-0.2, -0.15) is 0 Å². The number of carbonyl (C=O) groups is 2. The van der Waals surface area contributed by atoms with Crippen molar-refractivity contribution in [3.8, 4) is 0 Å². The van der Waals surface area contributed by atoms with Crippen LogP contribution in [0.5, 0.6) is 0 Å². The predicted octanol–water partition coefficient (Wildman–Crippen LogP) is 3.96. The molecule has 4 heteroatoms. The lowest BCUT2D eigenvalue weighted by molar-refractivity contribution is -0.154. The molecule has 0 heterocycles. The van der Waals surface area contributed by atoms with Gasteiger partial charge in [0.2, 0.25) is 0 Å². The number of esters is 1. The van der Waals surface area contributed by atoms with Crippen molar-refractivity contribution in [1.82, 2.24) is 5.32 Å². The van der Waals surface area contributed by atoms with E-state index in [0.29, 0.717) is 6.54 Å². The van der Waals surface area contributed by atoms with Gasteiger partial charge >= 0.3 is 5.97 Å². The van der Waals surface area contributed by atoms with Gasteiger partial charge in [0.15, 0.2) is 6.61 Å². The fourth-order valence-electron chi connectivity index (χ4n) is 3.83. The van der Waals surface area contributed by atoms with Crippen LogP contribution in [0, 0.1) is 0 Å². The highest BCUT2D eigenvalue weighted by molar-refractivity contribution is 5.86. The Labute approximate surface area is 160 Å². The van der Waals surface area contributed by atoms with E-state index >= 15 is 0 Å². The Bertz CT molecular complexity index is 752. The Morgan fingerprint density at radius 3 is 2.22 bits per heavy atom. The zero-order chi connectivity index (χ0) is 19.1. The summed E-state index contributed by atoms with van der Waals surface area (Å²) in [6.07, 6.45) is 3.57. The van der Waals surface area contributed by atoms with E-state index in [4.69, 9.17) is 4.74 Å². The van der Waals surface area contributed by atoms with Gasteiger partial charge in [0.1, 0.15) is 0 Å². The first-order chi connectivity index (χ1) is 13.1. The summed E-state index contributed by atoms with van der Waals surface area (Å²) in [5.74, 6) is -0.332. The molecule has 142 valence electrons. The predicted molar refractivity (Wildman–Crippen MR) is 105 cm³/mol. The summed E-state index contributed by atoms with van der Waals surface area (Å²) < 4.78 is 5.43. The van der Waals surface area contributed by atoms with Gasteiger partial charge in [0, 0.05) is 6.54 Å². The summed E-state index contributed by atoms with van der Waals surface area (Å²) in [6, 6.07) is 19.8. The number of nitrogens with one attached hydrogen (secondary N) is 1. The quantitative estimate of drug-likeness (QED) is 0.756. The van der Waals surface area contributed by atoms with Crippen molar-refractivity contribution in [2.24, 2.45) is 0 Å². The number of carbonyl (C=O) groups excluding carboxylic acids is 2. The van der Waals surface area contributed by atoms with Crippen molar-refractivity contribution in [3.63, 3.8) is 0 Å². The Hall–Kier alpha value is -2.62. The molecule has 1 saturated carbocycles. The second-order valence-electron chi connectivity index (χ2n) is 7.35. The first kappa shape index (κ1) is 19.2. The molecule has 1 fully saturated rings. The van der Waals surface area contributed by atoms with Gasteiger partial charge in [0.05, 0.1) is 5.41 Å². The van der Waals surface area contributed by atoms with E-state index < -0.39 is 5.41 Å². The van der Waals surface area contributed by atoms with Crippen molar-refractivity contribution in [3.05, 3.63) is 71.8 Å². The highest BCUT2D eigenvalue weighted by Gasteiger charge is 2.44. The zero-order valence-corrected chi connectivity index (χ0v) is 15.8. The molecule has 1 N–H and O–H groups in total. The van der Waals surface area contributed by atoms with E-state index in [1.807, 2.05) is 60.7 Å². The van der Waals surface area contributed by atoms with E-state index in [1.165, 1.54) is 5.56 Å². The van der Waals surface area contributed by atoms with Crippen LogP contribution in [0.2, 0.25) is 0 Å². The number of benzene rings is 2. The van der Waals surface area contributed by atoms with Gasteiger partial charge in [-0.15, -0.1) is 0 Å². The van der Waals surface area contributed by atoms with Crippen LogP contribution in [0.4, 0.5) is 0 Å². The number of ether oxygens (including phenoxy) is 1. The first-order valence-electron chi connectivity index (χ1n) is 9.66. The van der Waals surface area contributed by atoms with Crippen LogP contribution in [0.25, 0.3) is 0 Å². The molecule has 3 rings (SSSR count). The molecule has 1 aliphatic rings. The van der Waals surface area contributed by atoms with Gasteiger partial charge in [0.25, 0.3) is 5.91 Å². The van der Waals surface area contributed by atoms with Crippen molar-refractivity contribution >= 4 is 11.9 Å². The fourth-order valence-corrected chi connectivity index (χ4v) is 3.83. The zero-order valence-electron chi connectivity index (χ0n) is 15.8. The Morgan fingerprint density at radius 1 is 1.00 bits per heavy atom. The third-order valence-electron chi connectivity index (χ3n) is 5.48. The Kier molecular flexibility index (Phi) is 6.28. The van der Waals surface area contributed by atoms with Crippen LogP contribution in [-0.4, -0.2) is 25.0 Å². The van der Waals surface area contributed by atoms with Crippen molar-refractivity contribution in [1.29, 1.82) is 0 Å². The lowest BCUT2D eigenvalue weighted by Crippen LogP contribution is -2.38. The normalized spacial score (nSPS) is 16.5. The molecule has 0 saturated heterocycles. The smallest absolute Gasteiger partial charge is 0.317 e. The molecule has 2 aromatic rings. The molecule has 1 aliphatic carbocycles. The molecule has 0 aromatic heterocycles. The number of rotatable bonds is 7. The molecule has 1 amide bonds. The standard InChI is InChI=1S/C23H27NO3/c1-18(19-10-4-2-5-11-19)16-24-21(25)17-27-22(26)23(14-8-9-15-23)20-12-6-3-7-13-20/h2-7,10-13,18H,8-9,14-17H2,1H3,(H,24,25)/t18-/m1/s1. The van der Waals surface area contributed by atoms with Crippen LogP contribution in [-0.2, 0) is 19.7 Å². The molecule has 0 spiro atoms. The van der Waals surface area contributed by atoms with Gasteiger partial charge in [-0.05, 0) is 29.9 Å². The average molecular weight is 365 g/mol. The Morgan fingerprint density at radius 2 is 1.59 bits per heavy atom. The molecular formula is C23H27NO3. The average Bonchev–Trinajstić information content (AvgIpc) is 3.23. The lowest BCUT2D eigenvalue weighted by atomic mass is 9.79. The SMILES string of the molecule is C[C@H](CNC(=O)COC(=O)C1(c2ccccc2)CCCC1)c1ccccc1. The summed E-state index contributed by atoms with van der Waals surface area (Å²) in [5.41, 5.74) is 1.56. The minimum Gasteiger partial charge on any atom is -0.455 e. The van der Waals surface area contributed by atoms with Crippen molar-refractivity contribution in [2.75, 3.05) is 13.2 Å². The van der Waals surface area contributed by atoms with Gasteiger partial charge < -0.3 is 10.1 Å². The van der Waals surface area contributed by atoms with Crippen LogP contribution in [0.3, 0.4) is 0 Å². The minimum atomic E-state index is -0.598. The van der Waals surface area contributed by atoms with E-state index in [-0.39, 0.29) is 24.4 Å². The van der Waals surface area contributed by atoms with Crippen LogP contribution >= 0.6 is 0 Å². The first-order valence-corrected chi connectivity index (χ1v) is 9.66. The molecule has 2 aromatic carbocycles. The molecule has 0 unspecified atom stereocenters. The highest BCUT2D eigenvalue weighted by atomic mass is 16.5. The number of hydrogen-bond acceptors (Lipinski definition) is 3. The van der Waals surface area contributed by atoms with Crippen molar-refractivity contribution < 1.29 is 14.3 Å². The molecular weight excluding hydrogens is 338 g/mol. The minimum absolute atomic E-state index is 0.205. The maximum absolute atomic E-state index is 12.8. The summed E-state index contributed by atoms with van der Waals surface area (Å²) in [6.45, 7) is 2.35. The Balaban J connectivity index is 1.53. The summed E-state index contributed by atoms with van der Waals surface area (Å²) in [5, 5.41) is 2.86. The largest absolute Gasteiger partial charge is 0.455 e. The van der Waals surface area contributed by atoms with Crippen LogP contribution in [0.15, 0.2) is 60.7 Å². The summed E-state index contributed by atoms with van der Waals surface area (Å²) in [4.78, 5) is 25.0. The highest BCUT2D eigenvalue weighted by Crippen LogP contribution is 2.42. The number of hydrogen-bond donors (Lipinski definition) is 1. The van der Waals surface area contributed by atoms with E-state index in [1.54, 1.807) is 0 Å². The van der Waals surface area contributed by atoms with E-state index in [9.17, 15) is 9.59 Å². The molecule has 0 radical (unpaired) electrons. The van der Waals surface area contributed by atoms with Crippen LogP contribution < -0.4 is 5.32 Å². The molecule has 4 nitrogen and oxygen atoms in total. The molecule has 0 aliphatic heterocycles. The monoisotopic (exact) mass is 365 g/mol. The summed E-state index contributed by atoms with van der Waals surface area (Å²) in [7, 11) is 0. The van der Waals surface area contributed by atoms with Crippen LogP contribution in [0.1, 0.15) is 49.7 Å². The van der Waals surface area contributed by atoms with Gasteiger partial charge in [-0.3, -0.25) is 9.59 Å². The maximum atomic E-state index is 12.8. The molecule has 27 heavy (non-hydrogen) atoms. The molecule has 0 bridgehead atoms. The second-order valence-corrected chi connectivity index (χ2v) is 7.35. The third-order valence-corrected chi connectivity index (χ3v) is 5.48. The fraction of sp³-hybridized carbons (Fsp3) is 0.391. The van der Waals surface area contributed by atoms with E-state index in [2.05, 4.69) is 12.2 Å². The van der Waals surface area contributed by atoms with Crippen molar-refractivity contribution in [2.45, 2.75) is 43.9 Å². The molecule has 1 atom stereocenters. The number of amides is 1. The maximum Gasteiger partial charge on any atom is 0.317 e.